The summed E-state index contributed by atoms with van der Waals surface area (Å²) in [4.78, 5) is 35.4. The van der Waals surface area contributed by atoms with Crippen molar-refractivity contribution in [1.82, 2.24) is 14.9 Å². The lowest BCUT2D eigenvalue weighted by atomic mass is 10.1. The zero-order valence-electron chi connectivity index (χ0n) is 17.3. The predicted molar refractivity (Wildman–Crippen MR) is 112 cm³/mol. The Labute approximate surface area is 174 Å². The number of amides is 2. The fourth-order valence-corrected chi connectivity index (χ4v) is 3.75. The van der Waals surface area contributed by atoms with Gasteiger partial charge in [-0.15, -0.1) is 0 Å². The van der Waals surface area contributed by atoms with E-state index in [1.807, 2.05) is 0 Å². The normalized spacial score (nSPS) is 14.6. The highest BCUT2D eigenvalue weighted by atomic mass is 16.5. The second-order valence-corrected chi connectivity index (χ2v) is 7.50. The molecule has 8 nitrogen and oxygen atoms in total. The van der Waals surface area contributed by atoms with Crippen molar-refractivity contribution in [3.8, 4) is 0 Å². The van der Waals surface area contributed by atoms with E-state index in [1.54, 1.807) is 50.1 Å². The van der Waals surface area contributed by atoms with E-state index in [9.17, 15) is 9.59 Å². The minimum Gasteiger partial charge on any atom is -0.451 e. The van der Waals surface area contributed by atoms with Gasteiger partial charge in [0.05, 0.1) is 17.0 Å². The fraction of sp³-hybridized carbons (Fsp3) is 0.364. The molecule has 0 unspecified atom stereocenters. The van der Waals surface area contributed by atoms with E-state index in [0.717, 1.165) is 18.2 Å². The molecular formula is C22H24N4O4. The first kappa shape index (κ1) is 20.0. The fourth-order valence-electron chi connectivity index (χ4n) is 3.75. The van der Waals surface area contributed by atoms with Crippen LogP contribution in [0.4, 0.5) is 5.69 Å². The molecule has 0 spiro atoms. The molecule has 3 aromatic rings. The molecule has 2 aromatic heterocycles. The molecule has 1 fully saturated rings. The molecule has 4 rings (SSSR count). The van der Waals surface area contributed by atoms with Crippen LogP contribution in [-0.2, 0) is 4.74 Å². The van der Waals surface area contributed by atoms with Crippen LogP contribution in [0.3, 0.4) is 0 Å². The van der Waals surface area contributed by atoms with Crippen molar-refractivity contribution in [2.45, 2.75) is 32.7 Å². The van der Waals surface area contributed by atoms with Gasteiger partial charge >= 0.3 is 0 Å². The number of aryl methyl sites for hydroxylation is 2. The zero-order valence-corrected chi connectivity index (χ0v) is 17.3. The highest BCUT2D eigenvalue weighted by Crippen LogP contribution is 2.25. The van der Waals surface area contributed by atoms with Gasteiger partial charge in [-0.05, 0) is 51.0 Å². The quantitative estimate of drug-likeness (QED) is 0.711. The number of furan rings is 1. The minimum atomic E-state index is -0.274. The summed E-state index contributed by atoms with van der Waals surface area (Å²) in [6.07, 6.45) is 3.08. The Morgan fingerprint density at radius 3 is 2.50 bits per heavy atom. The number of carbonyl (C=O) groups is 2. The van der Waals surface area contributed by atoms with E-state index in [-0.39, 0.29) is 23.6 Å². The summed E-state index contributed by atoms with van der Waals surface area (Å²) in [5, 5.41) is 3.62. The first-order chi connectivity index (χ1) is 14.4. The van der Waals surface area contributed by atoms with E-state index in [1.165, 1.54) is 6.33 Å². The molecule has 0 bridgehead atoms. The molecule has 3 heterocycles. The third-order valence-corrected chi connectivity index (χ3v) is 5.50. The molecule has 0 atom stereocenters. The summed E-state index contributed by atoms with van der Waals surface area (Å²) < 4.78 is 11.1. The minimum absolute atomic E-state index is 0.147. The molecule has 1 aliphatic rings. The van der Waals surface area contributed by atoms with Crippen molar-refractivity contribution in [2.24, 2.45) is 0 Å². The van der Waals surface area contributed by atoms with Crippen LogP contribution in [0.2, 0.25) is 0 Å². The smallest absolute Gasteiger partial charge is 0.289 e. The summed E-state index contributed by atoms with van der Waals surface area (Å²) in [5.74, 6) is -0.147. The van der Waals surface area contributed by atoms with Gasteiger partial charge in [0.2, 0.25) is 0 Å². The van der Waals surface area contributed by atoms with Crippen LogP contribution in [0.5, 0.6) is 0 Å². The molecule has 2 amide bonds. The number of fused-ring (bicyclic) bond motifs is 1. The monoisotopic (exact) mass is 408 g/mol. The lowest BCUT2D eigenvalue weighted by molar-refractivity contribution is 0.0346. The number of anilines is 1. The highest BCUT2D eigenvalue weighted by Gasteiger charge is 2.25. The third-order valence-electron chi connectivity index (χ3n) is 5.50. The molecule has 0 saturated carbocycles. The maximum Gasteiger partial charge on any atom is 0.289 e. The van der Waals surface area contributed by atoms with Crippen LogP contribution >= 0.6 is 0 Å². The summed E-state index contributed by atoms with van der Waals surface area (Å²) in [6, 6.07) is 7.14. The van der Waals surface area contributed by atoms with Gasteiger partial charge in [0.25, 0.3) is 11.8 Å². The van der Waals surface area contributed by atoms with Crippen LogP contribution in [0.15, 0.2) is 35.0 Å². The lowest BCUT2D eigenvalue weighted by Gasteiger charge is -2.30. The van der Waals surface area contributed by atoms with Crippen LogP contribution in [0, 0.1) is 13.8 Å². The number of rotatable bonds is 4. The molecule has 0 aliphatic carbocycles. The maximum absolute atomic E-state index is 12.8. The molecule has 156 valence electrons. The summed E-state index contributed by atoms with van der Waals surface area (Å²) in [7, 11) is 1.80. The van der Waals surface area contributed by atoms with Gasteiger partial charge in [0, 0.05) is 37.4 Å². The number of hydrogen-bond donors (Lipinski definition) is 1. The highest BCUT2D eigenvalue weighted by molar-refractivity contribution is 6.06. The molecule has 1 N–H and O–H groups in total. The van der Waals surface area contributed by atoms with Crippen LogP contribution < -0.4 is 5.32 Å². The second kappa shape index (κ2) is 8.23. The van der Waals surface area contributed by atoms with E-state index >= 15 is 0 Å². The van der Waals surface area contributed by atoms with Crippen molar-refractivity contribution >= 4 is 28.5 Å². The van der Waals surface area contributed by atoms with Gasteiger partial charge in [-0.2, -0.15) is 0 Å². The van der Waals surface area contributed by atoms with Crippen LogP contribution in [-0.4, -0.2) is 53.0 Å². The average Bonchev–Trinajstić information content (AvgIpc) is 3.16. The van der Waals surface area contributed by atoms with Crippen molar-refractivity contribution in [1.29, 1.82) is 0 Å². The van der Waals surface area contributed by atoms with E-state index < -0.39 is 0 Å². The molecule has 30 heavy (non-hydrogen) atoms. The van der Waals surface area contributed by atoms with Crippen molar-refractivity contribution in [3.05, 3.63) is 53.3 Å². The molecule has 0 radical (unpaired) electrons. The predicted octanol–water partition coefficient (Wildman–Crippen LogP) is 3.34. The SMILES string of the molecule is Cc1ncnc(C)c1C(=O)Nc1ccc2oc(C(=O)N(C)C3CCOCC3)cc2c1. The lowest BCUT2D eigenvalue weighted by Crippen LogP contribution is -2.40. The average molecular weight is 408 g/mol. The Kier molecular flexibility index (Phi) is 5.50. The topological polar surface area (TPSA) is 97.6 Å². The maximum atomic E-state index is 12.8. The Balaban J connectivity index is 1.54. The first-order valence-electron chi connectivity index (χ1n) is 9.92. The summed E-state index contributed by atoms with van der Waals surface area (Å²) in [5.41, 5.74) is 2.89. The molecule has 1 aromatic carbocycles. The van der Waals surface area contributed by atoms with Crippen molar-refractivity contribution < 1.29 is 18.7 Å². The standard InChI is InChI=1S/C22H24N4O4/c1-13-20(14(2)24-12-23-13)21(27)25-16-4-5-18-15(10-16)11-19(30-18)22(28)26(3)17-6-8-29-9-7-17/h4-5,10-12,17H,6-9H2,1-3H3,(H,25,27). The number of carbonyl (C=O) groups excluding carboxylic acids is 2. The largest absolute Gasteiger partial charge is 0.451 e. The third kappa shape index (κ3) is 3.91. The van der Waals surface area contributed by atoms with E-state index in [0.29, 0.717) is 41.4 Å². The number of hydrogen-bond acceptors (Lipinski definition) is 6. The zero-order chi connectivity index (χ0) is 21.3. The van der Waals surface area contributed by atoms with E-state index in [4.69, 9.17) is 9.15 Å². The van der Waals surface area contributed by atoms with Gasteiger partial charge in [0.15, 0.2) is 5.76 Å². The van der Waals surface area contributed by atoms with Gasteiger partial charge < -0.3 is 19.4 Å². The molecule has 1 aliphatic heterocycles. The molecule has 8 heteroatoms. The van der Waals surface area contributed by atoms with E-state index in [2.05, 4.69) is 15.3 Å². The summed E-state index contributed by atoms with van der Waals surface area (Å²) in [6.45, 7) is 4.87. The van der Waals surface area contributed by atoms with Crippen LogP contribution in [0.1, 0.15) is 45.1 Å². The van der Waals surface area contributed by atoms with Gasteiger partial charge in [-0.1, -0.05) is 0 Å². The Hall–Kier alpha value is -3.26. The molecule has 1 saturated heterocycles. The number of nitrogens with zero attached hydrogens (tertiary/aromatic N) is 3. The first-order valence-corrected chi connectivity index (χ1v) is 9.92. The van der Waals surface area contributed by atoms with Crippen molar-refractivity contribution in [2.75, 3.05) is 25.6 Å². The molecular weight excluding hydrogens is 384 g/mol. The van der Waals surface area contributed by atoms with Crippen LogP contribution in [0.25, 0.3) is 11.0 Å². The number of aromatic nitrogens is 2. The van der Waals surface area contributed by atoms with Gasteiger partial charge in [0.1, 0.15) is 11.9 Å². The number of benzene rings is 1. The van der Waals surface area contributed by atoms with Crippen molar-refractivity contribution in [3.63, 3.8) is 0 Å². The Morgan fingerprint density at radius 2 is 1.80 bits per heavy atom. The Morgan fingerprint density at radius 1 is 1.10 bits per heavy atom. The number of nitrogens with one attached hydrogen (secondary N) is 1. The Bertz CT molecular complexity index is 1080. The van der Waals surface area contributed by atoms with Gasteiger partial charge in [-0.3, -0.25) is 9.59 Å². The summed E-state index contributed by atoms with van der Waals surface area (Å²) >= 11 is 0. The number of ether oxygens (including phenoxy) is 1. The van der Waals surface area contributed by atoms with Gasteiger partial charge in [-0.25, -0.2) is 9.97 Å². The second-order valence-electron chi connectivity index (χ2n) is 7.50.